The van der Waals surface area contributed by atoms with Crippen LogP contribution in [0.5, 0.6) is 0 Å². The van der Waals surface area contributed by atoms with Gasteiger partial charge in [-0.2, -0.15) is 0 Å². The molecule has 4 rings (SSSR count). The van der Waals surface area contributed by atoms with Crippen molar-refractivity contribution in [3.05, 3.63) is 58.9 Å². The number of para-hydroxylation sites is 1. The lowest BCUT2D eigenvalue weighted by Crippen LogP contribution is -2.27. The van der Waals surface area contributed by atoms with Crippen LogP contribution in [0, 0.1) is 0 Å². The van der Waals surface area contributed by atoms with E-state index in [9.17, 15) is 9.59 Å². The standard InChI is InChI=1S/C23H26N4O2S/c1-26(2)17-13-11-16(12-14-17)24-21(28)15-30-23-25-20-10-6-5-9-19(20)22(29)27(23)18-7-3-4-8-18/h5-6,9-14,18H,3-4,7-8,15H2,1-2H3,(H,24,28). The Labute approximate surface area is 180 Å². The molecule has 6 nitrogen and oxygen atoms in total. The molecule has 0 atom stereocenters. The van der Waals surface area contributed by atoms with Crippen LogP contribution in [0.25, 0.3) is 10.9 Å². The Bertz CT molecular complexity index is 1100. The highest BCUT2D eigenvalue weighted by Crippen LogP contribution is 2.32. The number of hydrogen-bond acceptors (Lipinski definition) is 5. The predicted molar refractivity (Wildman–Crippen MR) is 124 cm³/mol. The third-order valence-corrected chi connectivity index (χ3v) is 6.42. The van der Waals surface area contributed by atoms with Gasteiger partial charge in [-0.1, -0.05) is 36.7 Å². The van der Waals surface area contributed by atoms with Crippen LogP contribution < -0.4 is 15.8 Å². The minimum Gasteiger partial charge on any atom is -0.378 e. The molecule has 2 aromatic carbocycles. The average Bonchev–Trinajstić information content (AvgIpc) is 3.27. The molecule has 3 aromatic rings. The molecule has 30 heavy (non-hydrogen) atoms. The van der Waals surface area contributed by atoms with E-state index in [1.807, 2.05) is 72.1 Å². The second kappa shape index (κ2) is 8.92. The second-order valence-corrected chi connectivity index (χ2v) is 8.75. The first-order valence-corrected chi connectivity index (χ1v) is 11.2. The quantitative estimate of drug-likeness (QED) is 0.474. The molecular formula is C23H26N4O2S. The van der Waals surface area contributed by atoms with Gasteiger partial charge in [-0.15, -0.1) is 0 Å². The van der Waals surface area contributed by atoms with Gasteiger partial charge in [0.2, 0.25) is 5.91 Å². The molecule has 156 valence electrons. The lowest BCUT2D eigenvalue weighted by molar-refractivity contribution is -0.113. The van der Waals surface area contributed by atoms with Crippen LogP contribution in [0.2, 0.25) is 0 Å². The van der Waals surface area contributed by atoms with Crippen molar-refractivity contribution in [2.24, 2.45) is 0 Å². The molecule has 1 aromatic heterocycles. The summed E-state index contributed by atoms with van der Waals surface area (Å²) in [4.78, 5) is 32.4. The van der Waals surface area contributed by atoms with Crippen LogP contribution >= 0.6 is 11.8 Å². The summed E-state index contributed by atoms with van der Waals surface area (Å²) in [5.41, 5.74) is 2.50. The molecule has 0 saturated heterocycles. The first-order valence-electron chi connectivity index (χ1n) is 10.2. The van der Waals surface area contributed by atoms with E-state index >= 15 is 0 Å². The number of hydrogen-bond donors (Lipinski definition) is 1. The summed E-state index contributed by atoms with van der Waals surface area (Å²) < 4.78 is 1.82. The van der Waals surface area contributed by atoms with Crippen LogP contribution in [0.3, 0.4) is 0 Å². The van der Waals surface area contributed by atoms with Crippen molar-refractivity contribution in [1.82, 2.24) is 9.55 Å². The zero-order valence-electron chi connectivity index (χ0n) is 17.3. The van der Waals surface area contributed by atoms with Gasteiger partial charge in [0.1, 0.15) is 0 Å². The Morgan fingerprint density at radius 1 is 1.13 bits per heavy atom. The van der Waals surface area contributed by atoms with E-state index in [-0.39, 0.29) is 23.3 Å². The zero-order chi connectivity index (χ0) is 21.1. The Morgan fingerprint density at radius 2 is 1.83 bits per heavy atom. The number of benzene rings is 2. The van der Waals surface area contributed by atoms with E-state index in [4.69, 9.17) is 4.98 Å². The lowest BCUT2D eigenvalue weighted by atomic mass is 10.2. The van der Waals surface area contributed by atoms with Crippen molar-refractivity contribution in [2.75, 3.05) is 30.1 Å². The Balaban J connectivity index is 1.53. The molecule has 0 unspecified atom stereocenters. The van der Waals surface area contributed by atoms with Gasteiger partial charge < -0.3 is 10.2 Å². The maximum atomic E-state index is 13.2. The predicted octanol–water partition coefficient (Wildman–Crippen LogP) is 4.31. The van der Waals surface area contributed by atoms with Crippen molar-refractivity contribution < 1.29 is 4.79 Å². The van der Waals surface area contributed by atoms with E-state index in [2.05, 4.69) is 5.32 Å². The third kappa shape index (κ3) is 4.36. The van der Waals surface area contributed by atoms with Gasteiger partial charge in [0, 0.05) is 31.5 Å². The summed E-state index contributed by atoms with van der Waals surface area (Å²) in [6.07, 6.45) is 4.21. The molecule has 1 aliphatic carbocycles. The summed E-state index contributed by atoms with van der Waals surface area (Å²) in [6, 6.07) is 15.3. The fourth-order valence-corrected chi connectivity index (χ4v) is 4.75. The van der Waals surface area contributed by atoms with Gasteiger partial charge in [0.15, 0.2) is 5.16 Å². The van der Waals surface area contributed by atoms with Crippen LogP contribution in [-0.4, -0.2) is 35.3 Å². The van der Waals surface area contributed by atoms with Crippen molar-refractivity contribution >= 4 is 39.9 Å². The average molecular weight is 423 g/mol. The molecule has 0 spiro atoms. The van der Waals surface area contributed by atoms with Gasteiger partial charge in [0.05, 0.1) is 16.7 Å². The fourth-order valence-electron chi connectivity index (χ4n) is 3.88. The number of rotatable bonds is 6. The molecule has 7 heteroatoms. The molecule has 0 radical (unpaired) electrons. The summed E-state index contributed by atoms with van der Waals surface area (Å²) in [5, 5.41) is 4.19. The molecule has 0 bridgehead atoms. The minimum atomic E-state index is -0.113. The van der Waals surface area contributed by atoms with Crippen LogP contribution in [0.1, 0.15) is 31.7 Å². The smallest absolute Gasteiger partial charge is 0.262 e. The number of amides is 1. The molecule has 1 saturated carbocycles. The van der Waals surface area contributed by atoms with E-state index < -0.39 is 0 Å². The molecule has 1 heterocycles. The molecular weight excluding hydrogens is 396 g/mol. The molecule has 1 fully saturated rings. The number of aromatic nitrogens is 2. The number of carbonyl (C=O) groups is 1. The summed E-state index contributed by atoms with van der Waals surface area (Å²) in [6.45, 7) is 0. The minimum absolute atomic E-state index is 0.00492. The number of thioether (sulfide) groups is 1. The number of fused-ring (bicyclic) bond motifs is 1. The largest absolute Gasteiger partial charge is 0.378 e. The summed E-state index contributed by atoms with van der Waals surface area (Å²) >= 11 is 1.33. The molecule has 1 aliphatic rings. The second-order valence-electron chi connectivity index (χ2n) is 7.80. The van der Waals surface area contributed by atoms with Crippen molar-refractivity contribution in [1.29, 1.82) is 0 Å². The van der Waals surface area contributed by atoms with E-state index in [1.54, 1.807) is 0 Å². The summed E-state index contributed by atoms with van der Waals surface area (Å²) in [5.74, 6) is 0.0883. The van der Waals surface area contributed by atoms with E-state index in [1.165, 1.54) is 11.8 Å². The Morgan fingerprint density at radius 3 is 2.53 bits per heavy atom. The first-order chi connectivity index (χ1) is 14.5. The van der Waals surface area contributed by atoms with Gasteiger partial charge >= 0.3 is 0 Å². The SMILES string of the molecule is CN(C)c1ccc(NC(=O)CSc2nc3ccccc3c(=O)n2C2CCCC2)cc1. The van der Waals surface area contributed by atoms with Gasteiger partial charge in [0.25, 0.3) is 5.56 Å². The van der Waals surface area contributed by atoms with Gasteiger partial charge in [-0.25, -0.2) is 4.98 Å². The Hall–Kier alpha value is -2.80. The highest BCUT2D eigenvalue weighted by molar-refractivity contribution is 7.99. The maximum absolute atomic E-state index is 13.2. The molecule has 1 amide bonds. The van der Waals surface area contributed by atoms with Crippen molar-refractivity contribution in [2.45, 2.75) is 36.9 Å². The third-order valence-electron chi connectivity index (χ3n) is 5.47. The van der Waals surface area contributed by atoms with Crippen molar-refractivity contribution in [3.8, 4) is 0 Å². The van der Waals surface area contributed by atoms with Crippen LogP contribution in [0.15, 0.2) is 58.5 Å². The van der Waals surface area contributed by atoms with Crippen LogP contribution in [0.4, 0.5) is 11.4 Å². The topological polar surface area (TPSA) is 67.2 Å². The maximum Gasteiger partial charge on any atom is 0.262 e. The van der Waals surface area contributed by atoms with Gasteiger partial charge in [-0.3, -0.25) is 14.2 Å². The van der Waals surface area contributed by atoms with Gasteiger partial charge in [-0.05, 0) is 49.2 Å². The number of anilines is 2. The molecule has 1 N–H and O–H groups in total. The summed E-state index contributed by atoms with van der Waals surface area (Å²) in [7, 11) is 3.95. The van der Waals surface area contributed by atoms with E-state index in [0.29, 0.717) is 16.1 Å². The number of nitrogens with zero attached hydrogens (tertiary/aromatic N) is 3. The van der Waals surface area contributed by atoms with E-state index in [0.717, 1.165) is 37.1 Å². The highest BCUT2D eigenvalue weighted by atomic mass is 32.2. The fraction of sp³-hybridized carbons (Fsp3) is 0.348. The first kappa shape index (κ1) is 20.5. The lowest BCUT2D eigenvalue weighted by Gasteiger charge is -2.18. The zero-order valence-corrected chi connectivity index (χ0v) is 18.1. The number of carbonyl (C=O) groups excluding carboxylic acids is 1. The normalized spacial score (nSPS) is 14.2. The highest BCUT2D eigenvalue weighted by Gasteiger charge is 2.23. The molecule has 0 aliphatic heterocycles. The Kier molecular flexibility index (Phi) is 6.08. The number of nitrogens with one attached hydrogen (secondary N) is 1. The van der Waals surface area contributed by atoms with Crippen molar-refractivity contribution in [3.63, 3.8) is 0 Å². The van der Waals surface area contributed by atoms with Crippen LogP contribution in [-0.2, 0) is 4.79 Å². The monoisotopic (exact) mass is 422 g/mol.